The van der Waals surface area contributed by atoms with Crippen LogP contribution in [0, 0.1) is 0 Å². The summed E-state index contributed by atoms with van der Waals surface area (Å²) in [6.07, 6.45) is 0.523. The van der Waals surface area contributed by atoms with Crippen LogP contribution in [0.3, 0.4) is 0 Å². The summed E-state index contributed by atoms with van der Waals surface area (Å²) >= 11 is 0. The molecule has 9 nitrogen and oxygen atoms in total. The van der Waals surface area contributed by atoms with Crippen LogP contribution in [-0.4, -0.2) is 56.5 Å². The number of amides is 3. The van der Waals surface area contributed by atoms with Crippen molar-refractivity contribution in [2.45, 2.75) is 6.42 Å². The molecule has 1 aliphatic rings. The number of nitrogens with zero attached hydrogens (tertiary/aromatic N) is 1. The SMILES string of the molecule is COC(=O)c1cc(OC)c(OC)cc1NC(=O)c1ccc2c(c1)C(=O)N(CCc1ccccc1)C2=O. The summed E-state index contributed by atoms with van der Waals surface area (Å²) < 4.78 is 15.3. The van der Waals surface area contributed by atoms with Crippen molar-refractivity contribution in [3.63, 3.8) is 0 Å². The number of benzene rings is 3. The third-order valence-corrected chi connectivity index (χ3v) is 5.88. The lowest BCUT2D eigenvalue weighted by molar-refractivity contribution is 0.0599. The van der Waals surface area contributed by atoms with Gasteiger partial charge >= 0.3 is 5.97 Å². The van der Waals surface area contributed by atoms with Crippen LogP contribution < -0.4 is 14.8 Å². The number of methoxy groups -OCH3 is 3. The molecule has 4 rings (SSSR count). The Morgan fingerprint density at radius 2 is 1.50 bits per heavy atom. The molecular weight excluding hydrogens is 464 g/mol. The van der Waals surface area contributed by atoms with E-state index in [0.29, 0.717) is 12.2 Å². The first-order valence-corrected chi connectivity index (χ1v) is 11.1. The summed E-state index contributed by atoms with van der Waals surface area (Å²) in [7, 11) is 4.06. The van der Waals surface area contributed by atoms with Crippen LogP contribution in [0.1, 0.15) is 47.0 Å². The zero-order chi connectivity index (χ0) is 25.8. The highest BCUT2D eigenvalue weighted by atomic mass is 16.5. The molecule has 1 N–H and O–H groups in total. The van der Waals surface area contributed by atoms with Gasteiger partial charge in [-0.15, -0.1) is 0 Å². The number of carbonyl (C=O) groups excluding carboxylic acids is 4. The number of ether oxygens (including phenoxy) is 3. The van der Waals surface area contributed by atoms with E-state index in [9.17, 15) is 19.2 Å². The first-order valence-electron chi connectivity index (χ1n) is 11.1. The van der Waals surface area contributed by atoms with Gasteiger partial charge in [0.05, 0.1) is 43.7 Å². The number of fused-ring (bicyclic) bond motifs is 1. The van der Waals surface area contributed by atoms with Crippen molar-refractivity contribution in [2.24, 2.45) is 0 Å². The number of hydrogen-bond donors (Lipinski definition) is 1. The van der Waals surface area contributed by atoms with E-state index in [1.54, 1.807) is 0 Å². The minimum absolute atomic E-state index is 0.0583. The van der Waals surface area contributed by atoms with Crippen LogP contribution in [-0.2, 0) is 11.2 Å². The highest BCUT2D eigenvalue weighted by Crippen LogP contribution is 2.34. The van der Waals surface area contributed by atoms with Crippen molar-refractivity contribution in [3.05, 3.63) is 88.5 Å². The molecule has 1 aliphatic heterocycles. The fourth-order valence-electron chi connectivity index (χ4n) is 3.98. The highest BCUT2D eigenvalue weighted by Gasteiger charge is 2.35. The largest absolute Gasteiger partial charge is 0.493 e. The molecule has 0 saturated carbocycles. The summed E-state index contributed by atoms with van der Waals surface area (Å²) in [6, 6.07) is 16.7. The maximum Gasteiger partial charge on any atom is 0.340 e. The molecule has 3 aromatic rings. The lowest BCUT2D eigenvalue weighted by Crippen LogP contribution is -2.31. The fraction of sp³-hybridized carbons (Fsp3) is 0.185. The maximum absolute atomic E-state index is 13.1. The second-order valence-electron chi connectivity index (χ2n) is 7.96. The van der Waals surface area contributed by atoms with Crippen molar-refractivity contribution in [3.8, 4) is 11.5 Å². The second-order valence-corrected chi connectivity index (χ2v) is 7.96. The Kier molecular flexibility index (Phi) is 7.00. The monoisotopic (exact) mass is 488 g/mol. The smallest absolute Gasteiger partial charge is 0.340 e. The van der Waals surface area contributed by atoms with Gasteiger partial charge in [-0.05, 0) is 30.2 Å². The minimum atomic E-state index is -0.685. The van der Waals surface area contributed by atoms with Crippen molar-refractivity contribution >= 4 is 29.4 Å². The van der Waals surface area contributed by atoms with E-state index < -0.39 is 23.7 Å². The molecule has 0 bridgehead atoms. The van der Waals surface area contributed by atoms with Crippen molar-refractivity contribution in [1.82, 2.24) is 4.90 Å². The van der Waals surface area contributed by atoms with Crippen LogP contribution in [0.4, 0.5) is 5.69 Å². The Labute approximate surface area is 207 Å². The standard InChI is InChI=1S/C27H24N2O7/c1-34-22-14-20(27(33)36-3)21(15-23(22)35-2)28-24(30)17-9-10-18-19(13-17)26(32)29(25(18)31)12-11-16-7-5-4-6-8-16/h4-10,13-15H,11-12H2,1-3H3,(H,28,30). The van der Waals surface area contributed by atoms with E-state index in [1.807, 2.05) is 30.3 Å². The van der Waals surface area contributed by atoms with Gasteiger partial charge in [-0.3, -0.25) is 19.3 Å². The summed E-state index contributed by atoms with van der Waals surface area (Å²) in [4.78, 5) is 52.3. The number of hydrogen-bond acceptors (Lipinski definition) is 7. The van der Waals surface area contributed by atoms with Crippen LogP contribution in [0.2, 0.25) is 0 Å². The van der Waals surface area contributed by atoms with Crippen LogP contribution in [0.25, 0.3) is 0 Å². The third kappa shape index (κ3) is 4.63. The zero-order valence-corrected chi connectivity index (χ0v) is 20.0. The number of imide groups is 1. The van der Waals surface area contributed by atoms with Gasteiger partial charge in [0, 0.05) is 24.2 Å². The number of carbonyl (C=O) groups is 4. The van der Waals surface area contributed by atoms with E-state index >= 15 is 0 Å². The molecule has 0 radical (unpaired) electrons. The Morgan fingerprint density at radius 3 is 2.17 bits per heavy atom. The average Bonchev–Trinajstić information content (AvgIpc) is 3.15. The first kappa shape index (κ1) is 24.5. The number of esters is 1. The summed E-state index contributed by atoms with van der Waals surface area (Å²) in [5, 5.41) is 2.66. The normalized spacial score (nSPS) is 12.2. The van der Waals surface area contributed by atoms with E-state index in [-0.39, 0.29) is 40.2 Å². The Bertz CT molecular complexity index is 1350. The van der Waals surface area contributed by atoms with Gasteiger partial charge in [-0.2, -0.15) is 0 Å². The second kappa shape index (κ2) is 10.3. The predicted molar refractivity (Wildman–Crippen MR) is 131 cm³/mol. The molecule has 3 amide bonds. The maximum atomic E-state index is 13.1. The van der Waals surface area contributed by atoms with Gasteiger partial charge < -0.3 is 19.5 Å². The Balaban J connectivity index is 1.57. The Hall–Kier alpha value is -4.66. The van der Waals surface area contributed by atoms with Gasteiger partial charge in [0.15, 0.2) is 11.5 Å². The van der Waals surface area contributed by atoms with E-state index in [0.717, 1.165) is 5.56 Å². The van der Waals surface area contributed by atoms with Gasteiger partial charge in [0.25, 0.3) is 17.7 Å². The van der Waals surface area contributed by atoms with Crippen LogP contribution in [0.15, 0.2) is 60.7 Å². The Morgan fingerprint density at radius 1 is 0.833 bits per heavy atom. The zero-order valence-electron chi connectivity index (χ0n) is 20.0. The third-order valence-electron chi connectivity index (χ3n) is 5.88. The van der Waals surface area contributed by atoms with Crippen molar-refractivity contribution in [2.75, 3.05) is 33.2 Å². The summed E-state index contributed by atoms with van der Waals surface area (Å²) in [5.74, 6) is -1.54. The summed E-state index contributed by atoms with van der Waals surface area (Å²) in [5.41, 5.74) is 1.74. The molecule has 0 saturated heterocycles. The molecular formula is C27H24N2O7. The molecule has 1 heterocycles. The molecule has 0 aromatic heterocycles. The average molecular weight is 488 g/mol. The lowest BCUT2D eigenvalue weighted by atomic mass is 10.0. The topological polar surface area (TPSA) is 111 Å². The van der Waals surface area contributed by atoms with E-state index in [4.69, 9.17) is 14.2 Å². The van der Waals surface area contributed by atoms with E-state index in [1.165, 1.54) is 56.6 Å². The minimum Gasteiger partial charge on any atom is -0.493 e. The number of nitrogens with one attached hydrogen (secondary N) is 1. The van der Waals surface area contributed by atoms with Crippen LogP contribution in [0.5, 0.6) is 11.5 Å². The van der Waals surface area contributed by atoms with Crippen molar-refractivity contribution < 1.29 is 33.4 Å². The quantitative estimate of drug-likeness (QED) is 0.381. The highest BCUT2D eigenvalue weighted by molar-refractivity contribution is 6.22. The molecule has 3 aromatic carbocycles. The number of anilines is 1. The van der Waals surface area contributed by atoms with Gasteiger partial charge in [-0.25, -0.2) is 4.79 Å². The molecule has 0 aliphatic carbocycles. The van der Waals surface area contributed by atoms with Crippen molar-refractivity contribution in [1.29, 1.82) is 0 Å². The van der Waals surface area contributed by atoms with Gasteiger partial charge in [0.1, 0.15) is 0 Å². The predicted octanol–water partition coefficient (Wildman–Crippen LogP) is 3.58. The molecule has 36 heavy (non-hydrogen) atoms. The molecule has 0 spiro atoms. The fourth-order valence-corrected chi connectivity index (χ4v) is 3.98. The molecule has 9 heteroatoms. The molecule has 0 unspecified atom stereocenters. The molecule has 0 fully saturated rings. The molecule has 0 atom stereocenters. The van der Waals surface area contributed by atoms with Gasteiger partial charge in [0.2, 0.25) is 0 Å². The van der Waals surface area contributed by atoms with E-state index in [2.05, 4.69) is 5.32 Å². The first-order chi connectivity index (χ1) is 17.4. The summed E-state index contributed by atoms with van der Waals surface area (Å²) in [6.45, 7) is 0.228. The lowest BCUT2D eigenvalue weighted by Gasteiger charge is -2.15. The van der Waals surface area contributed by atoms with Gasteiger partial charge in [-0.1, -0.05) is 30.3 Å². The van der Waals surface area contributed by atoms with Crippen LogP contribution >= 0.6 is 0 Å². The number of rotatable bonds is 8. The molecule has 184 valence electrons.